The molecule has 1 atom stereocenters. The van der Waals surface area contributed by atoms with Crippen molar-refractivity contribution in [2.45, 2.75) is 12.5 Å². The second-order valence-electron chi connectivity index (χ2n) is 5.68. The van der Waals surface area contributed by atoms with Gasteiger partial charge in [0.05, 0.1) is 12.8 Å². The molecule has 1 N–H and O–H groups in total. The minimum Gasteiger partial charge on any atom is -0.497 e. The number of benzene rings is 2. The van der Waals surface area contributed by atoms with Crippen LogP contribution in [0, 0.1) is 0 Å². The Labute approximate surface area is 144 Å². The van der Waals surface area contributed by atoms with Gasteiger partial charge in [0.2, 0.25) is 0 Å². The van der Waals surface area contributed by atoms with Gasteiger partial charge in [-0.15, -0.1) is 15.3 Å². The molecule has 25 heavy (non-hydrogen) atoms. The summed E-state index contributed by atoms with van der Waals surface area (Å²) in [5.41, 5.74) is 2.70. The first kappa shape index (κ1) is 15.2. The predicted octanol–water partition coefficient (Wildman–Crippen LogP) is 3.35. The second kappa shape index (κ2) is 6.27. The lowest BCUT2D eigenvalue weighted by molar-refractivity contribution is -0.110. The Hall–Kier alpha value is -3.35. The second-order valence-corrected chi connectivity index (χ2v) is 5.68. The fourth-order valence-corrected chi connectivity index (χ4v) is 2.78. The van der Waals surface area contributed by atoms with Crippen LogP contribution in [0.3, 0.4) is 0 Å². The monoisotopic (exact) mass is 333 g/mol. The van der Waals surface area contributed by atoms with Crippen LogP contribution in [-0.4, -0.2) is 24.6 Å². The molecule has 7 heteroatoms. The van der Waals surface area contributed by atoms with Gasteiger partial charge < -0.3 is 10.1 Å². The number of carbonyl (C=O) groups excluding carboxylic acids is 1. The van der Waals surface area contributed by atoms with Crippen molar-refractivity contribution in [1.82, 2.24) is 0 Å². The van der Waals surface area contributed by atoms with E-state index in [9.17, 15) is 4.79 Å². The maximum Gasteiger partial charge on any atom is 0.276 e. The third-order valence-electron chi connectivity index (χ3n) is 4.08. The van der Waals surface area contributed by atoms with Crippen molar-refractivity contribution < 1.29 is 9.53 Å². The SMILES string of the molecule is COc1ccc2c(c1)C(=NN=C1CC(c3ccccc3)N=N1)C(=O)N2. The number of methoxy groups -OCH3 is 1. The molecular formula is C18H15N5O2. The molecule has 4 rings (SSSR count). The minimum atomic E-state index is -0.290. The predicted molar refractivity (Wildman–Crippen MR) is 94.3 cm³/mol. The number of rotatable bonds is 3. The lowest BCUT2D eigenvalue weighted by atomic mass is 10.1. The summed E-state index contributed by atoms with van der Waals surface area (Å²) in [5, 5.41) is 19.3. The molecule has 0 bridgehead atoms. The lowest BCUT2D eigenvalue weighted by Gasteiger charge is -2.03. The lowest BCUT2D eigenvalue weighted by Crippen LogP contribution is -2.14. The van der Waals surface area contributed by atoms with Gasteiger partial charge in [-0.1, -0.05) is 30.3 Å². The third-order valence-corrected chi connectivity index (χ3v) is 4.08. The third kappa shape index (κ3) is 2.91. The molecule has 0 saturated carbocycles. The van der Waals surface area contributed by atoms with Gasteiger partial charge in [-0.2, -0.15) is 5.11 Å². The van der Waals surface area contributed by atoms with Gasteiger partial charge in [0, 0.05) is 12.0 Å². The van der Waals surface area contributed by atoms with E-state index in [1.165, 1.54) is 0 Å². The number of nitrogens with zero attached hydrogens (tertiary/aromatic N) is 4. The molecule has 124 valence electrons. The van der Waals surface area contributed by atoms with Gasteiger partial charge in [0.25, 0.3) is 5.91 Å². The van der Waals surface area contributed by atoms with E-state index >= 15 is 0 Å². The Morgan fingerprint density at radius 1 is 1.16 bits per heavy atom. The average Bonchev–Trinajstić information content (AvgIpc) is 3.24. The zero-order valence-electron chi connectivity index (χ0n) is 13.5. The van der Waals surface area contributed by atoms with E-state index in [1.54, 1.807) is 25.3 Å². The van der Waals surface area contributed by atoms with E-state index < -0.39 is 0 Å². The topological polar surface area (TPSA) is 87.8 Å². The molecule has 2 aromatic carbocycles. The molecule has 0 aromatic heterocycles. The standard InChI is InChI=1S/C18H15N5O2/c1-25-12-7-8-14-13(9-12)17(18(24)19-14)23-22-16-10-15(20-21-16)11-5-3-2-4-6-11/h2-9,15H,10H2,1H3,(H,19,23,24). The normalized spacial score (nSPS) is 21.6. The molecule has 0 radical (unpaired) electrons. The Bertz CT molecular complexity index is 918. The molecule has 1 amide bonds. The molecule has 0 fully saturated rings. The number of fused-ring (bicyclic) bond motifs is 1. The first-order chi connectivity index (χ1) is 12.2. The van der Waals surface area contributed by atoms with Crippen LogP contribution in [0.1, 0.15) is 23.6 Å². The number of anilines is 1. The molecule has 7 nitrogen and oxygen atoms in total. The van der Waals surface area contributed by atoms with Crippen molar-refractivity contribution in [1.29, 1.82) is 0 Å². The molecule has 2 aliphatic heterocycles. The van der Waals surface area contributed by atoms with Crippen LogP contribution in [0.5, 0.6) is 5.75 Å². The maximum atomic E-state index is 12.1. The van der Waals surface area contributed by atoms with Gasteiger partial charge in [-0.25, -0.2) is 0 Å². The van der Waals surface area contributed by atoms with Gasteiger partial charge in [0.15, 0.2) is 11.5 Å². The molecule has 2 aromatic rings. The number of amides is 1. The fraction of sp³-hybridized carbons (Fsp3) is 0.167. The molecule has 2 heterocycles. The van der Waals surface area contributed by atoms with Crippen LogP contribution in [0.15, 0.2) is 69.0 Å². The number of hydrogen-bond acceptors (Lipinski definition) is 5. The van der Waals surface area contributed by atoms with E-state index in [0.717, 1.165) is 5.56 Å². The zero-order valence-corrected chi connectivity index (χ0v) is 13.5. The first-order valence-corrected chi connectivity index (χ1v) is 7.84. The van der Waals surface area contributed by atoms with E-state index in [4.69, 9.17) is 4.74 Å². The van der Waals surface area contributed by atoms with Crippen LogP contribution >= 0.6 is 0 Å². The zero-order chi connectivity index (χ0) is 17.2. The maximum absolute atomic E-state index is 12.1. The largest absolute Gasteiger partial charge is 0.497 e. The molecule has 0 aliphatic carbocycles. The van der Waals surface area contributed by atoms with Gasteiger partial charge in [-0.05, 0) is 23.8 Å². The van der Waals surface area contributed by atoms with Crippen molar-refractivity contribution in [3.05, 3.63) is 59.7 Å². The summed E-state index contributed by atoms with van der Waals surface area (Å²) in [6.07, 6.45) is 0.563. The Morgan fingerprint density at radius 2 is 2.00 bits per heavy atom. The highest BCUT2D eigenvalue weighted by molar-refractivity contribution is 6.53. The van der Waals surface area contributed by atoms with E-state index in [0.29, 0.717) is 29.3 Å². The van der Waals surface area contributed by atoms with Crippen molar-refractivity contribution >= 4 is 23.1 Å². The quantitative estimate of drug-likeness (QED) is 0.873. The van der Waals surface area contributed by atoms with Crippen molar-refractivity contribution in [2.24, 2.45) is 20.4 Å². The molecule has 1 unspecified atom stereocenters. The number of carbonyl (C=O) groups is 1. The van der Waals surface area contributed by atoms with Gasteiger partial charge in [0.1, 0.15) is 11.8 Å². The van der Waals surface area contributed by atoms with Crippen molar-refractivity contribution in [3.8, 4) is 5.75 Å². The highest BCUT2D eigenvalue weighted by atomic mass is 16.5. The van der Waals surface area contributed by atoms with E-state index in [2.05, 4.69) is 25.7 Å². The van der Waals surface area contributed by atoms with Crippen LogP contribution in [0.2, 0.25) is 0 Å². The molecule has 0 spiro atoms. The fourth-order valence-electron chi connectivity index (χ4n) is 2.78. The van der Waals surface area contributed by atoms with Gasteiger partial charge >= 0.3 is 0 Å². The number of hydrogen-bond donors (Lipinski definition) is 1. The van der Waals surface area contributed by atoms with E-state index in [1.807, 2.05) is 30.3 Å². The highest BCUT2D eigenvalue weighted by Crippen LogP contribution is 2.29. The summed E-state index contributed by atoms with van der Waals surface area (Å²) in [6, 6.07) is 15.2. The van der Waals surface area contributed by atoms with Gasteiger partial charge in [-0.3, -0.25) is 4.79 Å². The number of azo groups is 1. The van der Waals surface area contributed by atoms with E-state index in [-0.39, 0.29) is 17.7 Å². The van der Waals surface area contributed by atoms with Crippen LogP contribution in [-0.2, 0) is 4.79 Å². The van der Waals surface area contributed by atoms with Crippen molar-refractivity contribution in [2.75, 3.05) is 12.4 Å². The Balaban J connectivity index is 1.58. The number of amidine groups is 1. The summed E-state index contributed by atoms with van der Waals surface area (Å²) >= 11 is 0. The Kier molecular flexibility index (Phi) is 3.81. The van der Waals surface area contributed by atoms with Crippen LogP contribution in [0.25, 0.3) is 0 Å². The summed E-state index contributed by atoms with van der Waals surface area (Å²) in [4.78, 5) is 12.1. The minimum absolute atomic E-state index is 0.0510. The number of ether oxygens (including phenoxy) is 1. The highest BCUT2D eigenvalue weighted by Gasteiger charge is 2.27. The van der Waals surface area contributed by atoms with Crippen molar-refractivity contribution in [3.63, 3.8) is 0 Å². The number of nitrogens with one attached hydrogen (secondary N) is 1. The summed E-state index contributed by atoms with van der Waals surface area (Å²) in [6.45, 7) is 0. The first-order valence-electron chi connectivity index (χ1n) is 7.84. The summed E-state index contributed by atoms with van der Waals surface area (Å²) in [5.74, 6) is 0.868. The summed E-state index contributed by atoms with van der Waals surface area (Å²) in [7, 11) is 1.58. The smallest absolute Gasteiger partial charge is 0.276 e. The van der Waals surface area contributed by atoms with Crippen LogP contribution in [0.4, 0.5) is 5.69 Å². The molecule has 2 aliphatic rings. The molecular weight excluding hydrogens is 318 g/mol. The summed E-state index contributed by atoms with van der Waals surface area (Å²) < 4.78 is 5.20. The molecule has 0 saturated heterocycles. The average molecular weight is 333 g/mol. The Morgan fingerprint density at radius 3 is 2.80 bits per heavy atom. The van der Waals surface area contributed by atoms with Crippen LogP contribution < -0.4 is 10.1 Å².